The van der Waals surface area contributed by atoms with Crippen molar-refractivity contribution in [3.05, 3.63) is 77.1 Å². The number of amides is 1. The smallest absolute Gasteiger partial charge is 0.234 e. The van der Waals surface area contributed by atoms with Gasteiger partial charge in [-0.15, -0.1) is 10.2 Å². The molecule has 2 N–H and O–H groups in total. The van der Waals surface area contributed by atoms with Crippen LogP contribution >= 0.6 is 23.1 Å². The summed E-state index contributed by atoms with van der Waals surface area (Å²) in [6.07, 6.45) is 0.917. The summed E-state index contributed by atoms with van der Waals surface area (Å²) in [6.45, 7) is 6.70. The Hall–Kier alpha value is -3.17. The van der Waals surface area contributed by atoms with E-state index in [2.05, 4.69) is 45.0 Å². The van der Waals surface area contributed by atoms with Crippen molar-refractivity contribution in [2.45, 2.75) is 31.5 Å². The third kappa shape index (κ3) is 6.00. The van der Waals surface area contributed by atoms with E-state index >= 15 is 0 Å². The second-order valence-corrected chi connectivity index (χ2v) is 9.87. The zero-order valence-electron chi connectivity index (χ0n) is 18.8. The first kappa shape index (κ1) is 23.0. The van der Waals surface area contributed by atoms with Crippen molar-refractivity contribution in [3.8, 4) is 5.69 Å². The van der Waals surface area contributed by atoms with Gasteiger partial charge in [-0.3, -0.25) is 4.79 Å². The molecule has 0 spiro atoms. The Bertz CT molecular complexity index is 1220. The fraction of sp³-hybridized carbons (Fsp3) is 0.250. The number of carbonyl (C=O) groups excluding carboxylic acids is 1. The highest BCUT2D eigenvalue weighted by molar-refractivity contribution is 8.01. The monoisotopic (exact) mass is 478 g/mol. The number of carbonyl (C=O) groups is 1. The third-order valence-corrected chi connectivity index (χ3v) is 7.11. The van der Waals surface area contributed by atoms with E-state index < -0.39 is 0 Å². The number of rotatable bonds is 9. The number of benzene rings is 2. The van der Waals surface area contributed by atoms with Gasteiger partial charge in [-0.25, -0.2) is 4.68 Å². The Balaban J connectivity index is 1.29. The molecule has 0 saturated carbocycles. The van der Waals surface area contributed by atoms with E-state index in [0.717, 1.165) is 45.2 Å². The van der Waals surface area contributed by atoms with Crippen molar-refractivity contribution in [1.82, 2.24) is 20.0 Å². The van der Waals surface area contributed by atoms with Gasteiger partial charge >= 0.3 is 0 Å². The molecule has 9 heteroatoms. The molecule has 0 aliphatic heterocycles. The van der Waals surface area contributed by atoms with Crippen molar-refractivity contribution < 1.29 is 4.79 Å². The minimum atomic E-state index is -0.0940. The Morgan fingerprint density at radius 2 is 1.79 bits per heavy atom. The van der Waals surface area contributed by atoms with Gasteiger partial charge in [0.25, 0.3) is 0 Å². The summed E-state index contributed by atoms with van der Waals surface area (Å²) >= 11 is 2.84. The van der Waals surface area contributed by atoms with E-state index in [4.69, 9.17) is 0 Å². The lowest BCUT2D eigenvalue weighted by Gasteiger charge is -2.07. The topological polar surface area (TPSA) is 84.7 Å². The van der Waals surface area contributed by atoms with E-state index in [1.54, 1.807) is 0 Å². The molecule has 4 rings (SSSR count). The van der Waals surface area contributed by atoms with Gasteiger partial charge in [0.2, 0.25) is 11.0 Å². The predicted octanol–water partition coefficient (Wildman–Crippen LogP) is 5.03. The van der Waals surface area contributed by atoms with E-state index in [9.17, 15) is 4.79 Å². The molecule has 0 unspecified atom stereocenters. The van der Waals surface area contributed by atoms with Gasteiger partial charge in [0, 0.05) is 6.54 Å². The van der Waals surface area contributed by atoms with Crippen molar-refractivity contribution in [2.75, 3.05) is 22.9 Å². The number of aromatic nitrogens is 4. The Kier molecular flexibility index (Phi) is 7.41. The van der Waals surface area contributed by atoms with Crippen LogP contribution in [0.5, 0.6) is 0 Å². The fourth-order valence-electron chi connectivity index (χ4n) is 3.36. The van der Waals surface area contributed by atoms with Crippen LogP contribution in [0.15, 0.2) is 58.9 Å². The van der Waals surface area contributed by atoms with E-state index in [1.165, 1.54) is 34.2 Å². The van der Waals surface area contributed by atoms with Crippen LogP contribution < -0.4 is 10.6 Å². The molecule has 0 aliphatic rings. The van der Waals surface area contributed by atoms with Crippen LogP contribution in [0.2, 0.25) is 0 Å². The van der Waals surface area contributed by atoms with Crippen molar-refractivity contribution in [1.29, 1.82) is 0 Å². The molecule has 2 aromatic heterocycles. The summed E-state index contributed by atoms with van der Waals surface area (Å²) in [4.78, 5) is 12.6. The molecule has 0 saturated heterocycles. The number of hydrogen-bond donors (Lipinski definition) is 2. The van der Waals surface area contributed by atoms with E-state index in [0.29, 0.717) is 0 Å². The molecule has 1 amide bonds. The van der Waals surface area contributed by atoms with Crippen LogP contribution in [0.1, 0.15) is 22.5 Å². The van der Waals surface area contributed by atoms with E-state index in [-0.39, 0.29) is 11.7 Å². The van der Waals surface area contributed by atoms with Gasteiger partial charge in [0.15, 0.2) is 4.34 Å². The minimum absolute atomic E-state index is 0.0940. The maximum Gasteiger partial charge on any atom is 0.234 e. The maximum absolute atomic E-state index is 12.6. The molecule has 2 aromatic carbocycles. The summed E-state index contributed by atoms with van der Waals surface area (Å²) in [5, 5.41) is 20.0. The van der Waals surface area contributed by atoms with Crippen LogP contribution in [0.4, 0.5) is 10.8 Å². The number of nitrogens with one attached hydrogen (secondary N) is 2. The van der Waals surface area contributed by atoms with Gasteiger partial charge in [-0.2, -0.15) is 5.10 Å². The first-order chi connectivity index (χ1) is 16.0. The average Bonchev–Trinajstić information content (AvgIpc) is 3.38. The second-order valence-electron chi connectivity index (χ2n) is 7.67. The molecule has 0 fully saturated rings. The quantitative estimate of drug-likeness (QED) is 0.328. The summed E-state index contributed by atoms with van der Waals surface area (Å²) < 4.78 is 2.62. The molecule has 33 heavy (non-hydrogen) atoms. The molecule has 170 valence electrons. The van der Waals surface area contributed by atoms with Crippen LogP contribution in [0.3, 0.4) is 0 Å². The maximum atomic E-state index is 12.6. The first-order valence-corrected chi connectivity index (χ1v) is 12.5. The lowest BCUT2D eigenvalue weighted by Crippen LogP contribution is -2.15. The van der Waals surface area contributed by atoms with Crippen LogP contribution in [-0.4, -0.2) is 38.2 Å². The lowest BCUT2D eigenvalue weighted by molar-refractivity contribution is -0.113. The number of nitrogens with zero attached hydrogens (tertiary/aromatic N) is 4. The number of anilines is 2. The van der Waals surface area contributed by atoms with E-state index in [1.807, 2.05) is 61.0 Å². The van der Waals surface area contributed by atoms with Crippen molar-refractivity contribution in [2.24, 2.45) is 0 Å². The normalized spacial score (nSPS) is 10.9. The molecule has 7 nitrogen and oxygen atoms in total. The van der Waals surface area contributed by atoms with Gasteiger partial charge in [0.05, 0.1) is 28.5 Å². The second kappa shape index (κ2) is 10.6. The largest absolute Gasteiger partial charge is 0.360 e. The minimum Gasteiger partial charge on any atom is -0.360 e. The highest BCUT2D eigenvalue weighted by atomic mass is 32.2. The SMILES string of the molecule is Cc1ccc(-n2nc(C)c(NC(=O)CSc3nnc(NCCc4ccccc4)s3)c2C)cc1. The molecule has 2 heterocycles. The fourth-order valence-corrected chi connectivity index (χ4v) is 4.94. The number of aryl methyl sites for hydroxylation is 2. The molecule has 4 aromatic rings. The molecule has 0 atom stereocenters. The lowest BCUT2D eigenvalue weighted by atomic mass is 10.2. The molecular formula is C24H26N6OS2. The molecule has 0 bridgehead atoms. The Morgan fingerprint density at radius 1 is 1.03 bits per heavy atom. The Labute approximate surface area is 201 Å². The van der Waals surface area contributed by atoms with Crippen molar-refractivity contribution in [3.63, 3.8) is 0 Å². The summed E-state index contributed by atoms with van der Waals surface area (Å²) in [6, 6.07) is 18.5. The number of thioether (sulfide) groups is 1. The van der Waals surface area contributed by atoms with Crippen LogP contribution in [-0.2, 0) is 11.2 Å². The zero-order valence-corrected chi connectivity index (χ0v) is 20.5. The van der Waals surface area contributed by atoms with Crippen LogP contribution in [0.25, 0.3) is 5.69 Å². The van der Waals surface area contributed by atoms with Gasteiger partial charge in [0.1, 0.15) is 0 Å². The molecule has 0 radical (unpaired) electrons. The summed E-state index contributed by atoms with van der Waals surface area (Å²) in [7, 11) is 0. The van der Waals surface area contributed by atoms with Gasteiger partial charge < -0.3 is 10.6 Å². The van der Waals surface area contributed by atoms with Crippen molar-refractivity contribution >= 4 is 39.8 Å². The van der Waals surface area contributed by atoms with Gasteiger partial charge in [-0.1, -0.05) is 71.1 Å². The summed E-state index contributed by atoms with van der Waals surface area (Å²) in [5.74, 6) is 0.163. The average molecular weight is 479 g/mol. The first-order valence-electron chi connectivity index (χ1n) is 10.7. The highest BCUT2D eigenvalue weighted by Crippen LogP contribution is 2.27. The van der Waals surface area contributed by atoms with Gasteiger partial charge in [-0.05, 0) is 44.9 Å². The summed E-state index contributed by atoms with van der Waals surface area (Å²) in [5.41, 5.74) is 5.87. The predicted molar refractivity (Wildman–Crippen MR) is 136 cm³/mol. The number of hydrogen-bond acceptors (Lipinski definition) is 7. The van der Waals surface area contributed by atoms with Crippen LogP contribution in [0, 0.1) is 20.8 Å². The molecule has 0 aliphatic carbocycles. The zero-order chi connectivity index (χ0) is 23.2. The standard InChI is InChI=1S/C24H26N6OS2/c1-16-9-11-20(12-10-16)30-18(3)22(17(2)29-30)26-21(31)15-32-24-28-27-23(33-24)25-14-13-19-7-5-4-6-8-19/h4-12H,13-15H2,1-3H3,(H,25,27)(H,26,31). The third-order valence-electron chi connectivity index (χ3n) is 5.10. The molecular weight excluding hydrogens is 452 g/mol. The highest BCUT2D eigenvalue weighted by Gasteiger charge is 2.16. The Morgan fingerprint density at radius 3 is 2.55 bits per heavy atom.